The number of carbonyl (C=O) groups excluding carboxylic acids is 2. The molecule has 5 unspecified atom stereocenters. The van der Waals surface area contributed by atoms with Gasteiger partial charge in [0, 0.05) is 11.1 Å². The number of ether oxygens (including phenoxy) is 1. The van der Waals surface area contributed by atoms with E-state index in [1.807, 2.05) is 0 Å². The number of carboxylic acids is 2. The van der Waals surface area contributed by atoms with Crippen LogP contribution in [0.15, 0.2) is 34.5 Å². The number of oxime groups is 1. The molecule has 16 nitrogen and oxygen atoms in total. The topological polar surface area (TPSA) is 251 Å². The zero-order valence-electron chi connectivity index (χ0n) is 19.0. The van der Waals surface area contributed by atoms with Crippen molar-refractivity contribution in [3.05, 3.63) is 35.0 Å². The van der Waals surface area contributed by atoms with Crippen molar-refractivity contribution in [3.8, 4) is 0 Å². The lowest BCUT2D eigenvalue weighted by atomic mass is 9.98. The van der Waals surface area contributed by atoms with Gasteiger partial charge < -0.3 is 46.1 Å². The van der Waals surface area contributed by atoms with Crippen molar-refractivity contribution in [2.24, 2.45) is 5.16 Å². The third-order valence-corrected chi connectivity index (χ3v) is 7.99. The van der Waals surface area contributed by atoms with Crippen LogP contribution in [0.25, 0.3) is 0 Å². The van der Waals surface area contributed by atoms with Crippen molar-refractivity contribution in [2.45, 2.75) is 42.1 Å². The van der Waals surface area contributed by atoms with Gasteiger partial charge in [0.2, 0.25) is 0 Å². The van der Waals surface area contributed by atoms with E-state index in [2.05, 4.69) is 27.4 Å². The van der Waals surface area contributed by atoms with Gasteiger partial charge in [-0.3, -0.25) is 14.5 Å². The molecule has 8 N–H and O–H groups in total. The fraction of sp³-hybridized carbons (Fsp3) is 0.400. The van der Waals surface area contributed by atoms with Crippen LogP contribution in [0, 0.1) is 0 Å². The molecule has 3 aliphatic rings. The molecule has 2 saturated heterocycles. The second kappa shape index (κ2) is 10.7. The fourth-order valence-corrected chi connectivity index (χ4v) is 6.06. The minimum atomic E-state index is -1.89. The summed E-state index contributed by atoms with van der Waals surface area (Å²) in [6.45, 7) is 3.55. The summed E-state index contributed by atoms with van der Waals surface area (Å²) in [6, 6.07) is -1.10. The average molecular weight is 572 g/mol. The van der Waals surface area contributed by atoms with E-state index in [1.165, 1.54) is 23.2 Å². The quantitative estimate of drug-likeness (QED) is 0.0698. The molecule has 0 bridgehead atoms. The number of thioether (sulfide) groups is 1. The molecule has 7 atom stereocenters. The predicted molar refractivity (Wildman–Crippen MR) is 128 cm³/mol. The molecule has 0 aromatic carbocycles. The molecule has 204 valence electrons. The van der Waals surface area contributed by atoms with Crippen LogP contribution in [0.4, 0.5) is 5.13 Å². The van der Waals surface area contributed by atoms with Crippen LogP contribution in [0.2, 0.25) is 0 Å². The number of aliphatic carboxylic acids is 2. The molecule has 2 fully saturated rings. The first-order chi connectivity index (χ1) is 18.0. The van der Waals surface area contributed by atoms with E-state index < -0.39 is 71.5 Å². The first-order valence-electron chi connectivity index (χ1n) is 10.7. The number of hydrogen-bond acceptors (Lipinski definition) is 14. The Morgan fingerprint density at radius 1 is 1.21 bits per heavy atom. The number of thiazole rings is 1. The van der Waals surface area contributed by atoms with Gasteiger partial charge in [0.1, 0.15) is 41.1 Å². The molecule has 4 rings (SSSR count). The Kier molecular flexibility index (Phi) is 7.72. The highest BCUT2D eigenvalue weighted by Gasteiger charge is 2.54. The van der Waals surface area contributed by atoms with E-state index in [1.54, 1.807) is 0 Å². The van der Waals surface area contributed by atoms with Gasteiger partial charge in [0.15, 0.2) is 23.2 Å². The van der Waals surface area contributed by atoms with Gasteiger partial charge in [0.25, 0.3) is 11.8 Å². The number of carboxylic acid groups (broad SMARTS) is 2. The van der Waals surface area contributed by atoms with Crippen LogP contribution >= 0.6 is 23.1 Å². The van der Waals surface area contributed by atoms with E-state index in [-0.39, 0.29) is 22.3 Å². The lowest BCUT2D eigenvalue weighted by Gasteiger charge is -2.49. The highest BCUT2D eigenvalue weighted by Crippen LogP contribution is 2.40. The minimum absolute atomic E-state index is 0.0346. The number of nitrogens with one attached hydrogen (secondary N) is 2. The summed E-state index contributed by atoms with van der Waals surface area (Å²) >= 11 is 2.06. The number of aliphatic hydroxyl groups excluding tert-OH is 3. The number of aromatic nitrogens is 1. The van der Waals surface area contributed by atoms with Crippen molar-refractivity contribution in [2.75, 3.05) is 11.1 Å². The SMILES string of the molecule is C=CC1=C(C(=O)O)N2C(=O)[C@@H](NC(=O)/C(=N\O)c3csc(NC4OC(C(=O)O)C(O)C(O)C4O)n3)[C@H]2SC1. The molecular formula is C20H21N5O11S2. The summed E-state index contributed by atoms with van der Waals surface area (Å²) in [6.07, 6.45) is -7.48. The summed E-state index contributed by atoms with van der Waals surface area (Å²) in [5, 5.41) is 66.3. The number of β-lactam (4-membered cyclic amide) rings is 1. The van der Waals surface area contributed by atoms with Crippen LogP contribution < -0.4 is 10.6 Å². The van der Waals surface area contributed by atoms with Crippen LogP contribution in [0.3, 0.4) is 0 Å². The number of rotatable bonds is 8. The maximum Gasteiger partial charge on any atom is 0.352 e. The van der Waals surface area contributed by atoms with E-state index in [9.17, 15) is 44.8 Å². The van der Waals surface area contributed by atoms with E-state index in [4.69, 9.17) is 9.84 Å². The zero-order chi connectivity index (χ0) is 27.9. The Morgan fingerprint density at radius 3 is 2.53 bits per heavy atom. The van der Waals surface area contributed by atoms with Gasteiger partial charge in [0.05, 0.1) is 0 Å². The molecule has 2 amide bonds. The van der Waals surface area contributed by atoms with Crippen molar-refractivity contribution in [1.29, 1.82) is 0 Å². The number of nitrogens with zero attached hydrogens (tertiary/aromatic N) is 3. The van der Waals surface area contributed by atoms with Gasteiger partial charge in [-0.15, -0.1) is 23.1 Å². The normalized spacial score (nSPS) is 31.2. The Hall–Kier alpha value is -3.55. The number of anilines is 1. The molecule has 18 heteroatoms. The van der Waals surface area contributed by atoms with E-state index in [0.717, 1.165) is 16.2 Å². The Balaban J connectivity index is 1.44. The van der Waals surface area contributed by atoms with Gasteiger partial charge in [-0.2, -0.15) is 0 Å². The highest BCUT2D eigenvalue weighted by atomic mass is 32.2. The van der Waals surface area contributed by atoms with E-state index >= 15 is 0 Å². The number of aliphatic hydroxyl groups is 3. The summed E-state index contributed by atoms with van der Waals surface area (Å²) in [7, 11) is 0. The van der Waals surface area contributed by atoms with Crippen molar-refractivity contribution >= 4 is 57.7 Å². The molecule has 3 aliphatic heterocycles. The maximum atomic E-state index is 12.8. The van der Waals surface area contributed by atoms with Crippen LogP contribution in [-0.4, -0.2) is 118 Å². The Bertz CT molecular complexity index is 1250. The first-order valence-corrected chi connectivity index (χ1v) is 12.6. The molecular weight excluding hydrogens is 550 g/mol. The third kappa shape index (κ3) is 4.72. The smallest absolute Gasteiger partial charge is 0.352 e. The minimum Gasteiger partial charge on any atom is -0.479 e. The fourth-order valence-electron chi connectivity index (χ4n) is 4.00. The number of allylic oxidation sites excluding steroid dienone is 1. The van der Waals surface area contributed by atoms with Gasteiger partial charge in [-0.1, -0.05) is 17.8 Å². The molecule has 38 heavy (non-hydrogen) atoms. The Labute approximate surface area is 220 Å². The Morgan fingerprint density at radius 2 is 1.92 bits per heavy atom. The molecule has 0 radical (unpaired) electrons. The molecule has 1 aromatic rings. The van der Waals surface area contributed by atoms with Gasteiger partial charge in [-0.05, 0) is 5.57 Å². The zero-order valence-corrected chi connectivity index (χ0v) is 20.6. The van der Waals surface area contributed by atoms with Crippen LogP contribution in [-0.2, 0) is 23.9 Å². The molecule has 0 saturated carbocycles. The van der Waals surface area contributed by atoms with E-state index in [0.29, 0.717) is 5.57 Å². The summed E-state index contributed by atoms with van der Waals surface area (Å²) in [5.74, 6) is -4.31. The van der Waals surface area contributed by atoms with Gasteiger partial charge >= 0.3 is 11.9 Å². The number of amides is 2. The number of carbonyl (C=O) groups is 4. The lowest BCUT2D eigenvalue weighted by Crippen LogP contribution is -2.71. The van der Waals surface area contributed by atoms with Crippen molar-refractivity contribution in [3.63, 3.8) is 0 Å². The number of hydrogen-bond donors (Lipinski definition) is 8. The summed E-state index contributed by atoms with van der Waals surface area (Å²) in [5.41, 5.74) is -0.620. The summed E-state index contributed by atoms with van der Waals surface area (Å²) < 4.78 is 5.11. The largest absolute Gasteiger partial charge is 0.479 e. The molecule has 1 aromatic heterocycles. The first kappa shape index (κ1) is 27.5. The predicted octanol–water partition coefficient (Wildman–Crippen LogP) is -2.45. The average Bonchev–Trinajstić information content (AvgIpc) is 3.34. The van der Waals surface area contributed by atoms with Crippen LogP contribution in [0.1, 0.15) is 5.69 Å². The van der Waals surface area contributed by atoms with Crippen LogP contribution in [0.5, 0.6) is 0 Å². The van der Waals surface area contributed by atoms with Crippen molar-refractivity contribution in [1.82, 2.24) is 15.2 Å². The second-order valence-corrected chi connectivity index (χ2v) is 10.1. The number of fused-ring (bicyclic) bond motifs is 1. The standard InChI is InChI=1S/C20H21N5O11S2/c1-2-5-3-37-17-8(16(30)25(17)9(5)18(31)32)22-14(29)7(24-35)6-4-38-20(21-6)23-15-12(28)10(26)11(27)13(36-15)19(33)34/h2,4,8,10-13,15,17,26-28,35H,1,3H2,(H,21,23)(H,22,29)(H,31,32)(H,33,34)/b24-7-/t8-,10?,11?,12?,13?,15?,17-/m1/s1. The monoisotopic (exact) mass is 571 g/mol. The van der Waals surface area contributed by atoms with Gasteiger partial charge in [-0.25, -0.2) is 14.6 Å². The summed E-state index contributed by atoms with van der Waals surface area (Å²) in [4.78, 5) is 53.4. The second-order valence-electron chi connectivity index (χ2n) is 8.16. The lowest BCUT2D eigenvalue weighted by molar-refractivity contribution is -0.221. The highest BCUT2D eigenvalue weighted by molar-refractivity contribution is 8.00. The molecule has 4 heterocycles. The maximum absolute atomic E-state index is 12.8. The van der Waals surface area contributed by atoms with Crippen molar-refractivity contribution < 1.29 is 54.7 Å². The molecule has 0 aliphatic carbocycles. The molecule has 0 spiro atoms. The third-order valence-electron chi connectivity index (χ3n) is 5.92.